The van der Waals surface area contributed by atoms with E-state index in [1.165, 1.54) is 0 Å². The summed E-state index contributed by atoms with van der Waals surface area (Å²) in [5.41, 5.74) is 9.30. The molecule has 0 saturated carbocycles. The number of carbonyl (C=O) groups is 3. The van der Waals surface area contributed by atoms with E-state index in [-0.39, 0.29) is 73.6 Å². The smallest absolute Gasteiger partial charge is 0.260 e. The van der Waals surface area contributed by atoms with Crippen LogP contribution < -0.4 is 14.2 Å². The molecular weight excluding hydrogens is 989 g/mol. The van der Waals surface area contributed by atoms with Crippen molar-refractivity contribution in [1.82, 2.24) is 9.80 Å². The number of nitrogens with zero attached hydrogens (tertiary/aromatic N) is 3. The first-order valence-electron chi connectivity index (χ1n) is 20.8. The molecule has 4 aromatic carbocycles. The quantitative estimate of drug-likeness (QED) is 0.0978. The third kappa shape index (κ3) is 10.2. The molecule has 0 saturated heterocycles. The van der Waals surface area contributed by atoms with Crippen LogP contribution in [0.1, 0.15) is 108 Å². The van der Waals surface area contributed by atoms with Crippen molar-refractivity contribution in [3.8, 4) is 17.2 Å². The van der Waals surface area contributed by atoms with E-state index in [0.717, 1.165) is 76.0 Å². The molecule has 61 heavy (non-hydrogen) atoms. The molecule has 4 aromatic rings. The van der Waals surface area contributed by atoms with Crippen LogP contribution in [-0.2, 0) is 17.6 Å². The van der Waals surface area contributed by atoms with Crippen LogP contribution in [0.5, 0.6) is 17.2 Å². The average Bonchev–Trinajstić information content (AvgIpc) is 3.81. The Bertz CT molecular complexity index is 2360. The predicted molar refractivity (Wildman–Crippen MR) is 238 cm³/mol. The SMILES string of the molecule is COc1cc2c(cc1OCCCOc1cc3c(cc1C)C(=O)N1C=C(c4ccc(CC(=O)CCC(C)(C)C)cc4)C[C@H]1CC3)N=C[C@@H]1CC(c3ccccc3)=CN1C2=O.[CH3-].[U]. The summed E-state index contributed by atoms with van der Waals surface area (Å²) in [6.45, 7) is 9.27. The van der Waals surface area contributed by atoms with Gasteiger partial charge in [0.25, 0.3) is 11.8 Å². The van der Waals surface area contributed by atoms with Gasteiger partial charge in [0.15, 0.2) is 11.5 Å². The first-order chi connectivity index (χ1) is 28.4. The van der Waals surface area contributed by atoms with E-state index in [1.54, 1.807) is 24.1 Å². The fraction of sp³-hybridized carbons (Fsp3) is 0.353. The van der Waals surface area contributed by atoms with Crippen LogP contribution in [0.3, 0.4) is 0 Å². The number of Topliss-reactive ketones (excluding diaryl/α,β-unsaturated/α-hetero) is 1. The van der Waals surface area contributed by atoms with E-state index in [4.69, 9.17) is 19.2 Å². The zero-order valence-corrected chi connectivity index (χ0v) is 40.4. The van der Waals surface area contributed by atoms with Crippen molar-refractivity contribution < 1.29 is 59.7 Å². The van der Waals surface area contributed by atoms with Crippen LogP contribution in [-0.4, -0.2) is 66.0 Å². The number of carbonyl (C=O) groups excluding carboxylic acids is 3. The van der Waals surface area contributed by atoms with Crippen molar-refractivity contribution in [2.45, 2.75) is 91.1 Å². The summed E-state index contributed by atoms with van der Waals surface area (Å²) in [5.74, 6) is 1.94. The molecular formula is C51H56N3O6U-. The van der Waals surface area contributed by atoms with Gasteiger partial charge in [0.1, 0.15) is 11.5 Å². The minimum Gasteiger partial charge on any atom is -0.493 e. The molecule has 4 heterocycles. The monoisotopic (exact) mass is 1040 g/mol. The molecule has 0 N–H and O–H groups in total. The normalized spacial score (nSPS) is 17.7. The summed E-state index contributed by atoms with van der Waals surface area (Å²) >= 11 is 0. The van der Waals surface area contributed by atoms with E-state index in [9.17, 15) is 14.4 Å². The Balaban J connectivity index is 0.00000311. The molecule has 0 spiro atoms. The second-order valence-electron chi connectivity index (χ2n) is 17.4. The Morgan fingerprint density at radius 2 is 1.48 bits per heavy atom. The Morgan fingerprint density at radius 3 is 2.20 bits per heavy atom. The Hall–Kier alpha value is -4.91. The van der Waals surface area contributed by atoms with Crippen LogP contribution in [0.15, 0.2) is 96.3 Å². The number of hydrogen-bond donors (Lipinski definition) is 0. The molecule has 10 heteroatoms. The summed E-state index contributed by atoms with van der Waals surface area (Å²) in [6, 6.07) is 25.8. The van der Waals surface area contributed by atoms with Gasteiger partial charge in [-0.15, -0.1) is 0 Å². The summed E-state index contributed by atoms with van der Waals surface area (Å²) in [5, 5.41) is 0. The third-order valence-electron chi connectivity index (χ3n) is 11.8. The summed E-state index contributed by atoms with van der Waals surface area (Å²) < 4.78 is 18.1. The number of benzene rings is 4. The summed E-state index contributed by atoms with van der Waals surface area (Å²) in [4.78, 5) is 48.6. The molecule has 4 aliphatic heterocycles. The molecule has 0 aliphatic carbocycles. The number of rotatable bonds is 13. The number of aliphatic imine (C=N–C) groups is 1. The third-order valence-corrected chi connectivity index (χ3v) is 11.8. The van der Waals surface area contributed by atoms with E-state index >= 15 is 0 Å². The first-order valence-corrected chi connectivity index (χ1v) is 20.8. The average molecular weight is 1050 g/mol. The van der Waals surface area contributed by atoms with Gasteiger partial charge in [-0.2, -0.15) is 0 Å². The maximum absolute atomic E-state index is 13.9. The molecule has 0 bridgehead atoms. The molecule has 0 aromatic heterocycles. The number of methoxy groups -OCH3 is 1. The van der Waals surface area contributed by atoms with Crippen LogP contribution in [0.2, 0.25) is 0 Å². The van der Waals surface area contributed by atoms with Gasteiger partial charge < -0.3 is 31.4 Å². The second kappa shape index (κ2) is 19.4. The molecule has 0 radical (unpaired) electrons. The van der Waals surface area contributed by atoms with Gasteiger partial charge in [-0.1, -0.05) is 75.4 Å². The largest absolute Gasteiger partial charge is 0.493 e. The van der Waals surface area contributed by atoms with E-state index in [1.807, 2.05) is 60.8 Å². The maximum Gasteiger partial charge on any atom is 0.260 e. The van der Waals surface area contributed by atoms with Gasteiger partial charge in [-0.05, 0) is 95.2 Å². The van der Waals surface area contributed by atoms with Gasteiger partial charge in [-0.25, -0.2) is 0 Å². The number of ether oxygens (including phenoxy) is 3. The zero-order valence-electron chi connectivity index (χ0n) is 36.3. The van der Waals surface area contributed by atoms with E-state index < -0.39 is 0 Å². The summed E-state index contributed by atoms with van der Waals surface area (Å²) in [6.07, 6.45) is 11.5. The van der Waals surface area contributed by atoms with Crippen LogP contribution in [0.4, 0.5) is 5.69 Å². The number of fused-ring (bicyclic) bond motifs is 4. The van der Waals surface area contributed by atoms with Crippen molar-refractivity contribution in [3.05, 3.63) is 138 Å². The number of ketones is 1. The Labute approximate surface area is 384 Å². The molecule has 2 amide bonds. The van der Waals surface area contributed by atoms with E-state index in [0.29, 0.717) is 61.6 Å². The number of aryl methyl sites for hydroxylation is 2. The first kappa shape index (κ1) is 45.6. The summed E-state index contributed by atoms with van der Waals surface area (Å²) in [7, 11) is 1.57. The Morgan fingerprint density at radius 1 is 0.803 bits per heavy atom. The number of hydrogen-bond acceptors (Lipinski definition) is 7. The molecule has 8 rings (SSSR count). The zero-order chi connectivity index (χ0) is 41.3. The van der Waals surface area contributed by atoms with Gasteiger partial charge >= 0.3 is 0 Å². The van der Waals surface area contributed by atoms with Crippen molar-refractivity contribution in [2.24, 2.45) is 10.4 Å². The maximum atomic E-state index is 13.9. The van der Waals surface area contributed by atoms with Crippen molar-refractivity contribution >= 4 is 40.6 Å². The van der Waals surface area contributed by atoms with Gasteiger partial charge in [0, 0.05) is 93.1 Å². The van der Waals surface area contributed by atoms with Gasteiger partial charge in [0.2, 0.25) is 0 Å². The van der Waals surface area contributed by atoms with Crippen LogP contribution >= 0.6 is 0 Å². The van der Waals surface area contributed by atoms with Gasteiger partial charge in [-0.3, -0.25) is 19.4 Å². The second-order valence-corrected chi connectivity index (χ2v) is 17.4. The van der Waals surface area contributed by atoms with Crippen LogP contribution in [0, 0.1) is 50.9 Å². The predicted octanol–water partition coefficient (Wildman–Crippen LogP) is 10.4. The standard InChI is InChI=1S/C50H53N3O6.CH3.U/c1-32-22-42-36(16-17-39-24-37(30-52(39)48(42)55)35-14-12-33(13-15-35)23-41(54)18-19-50(2,3)4)26-45(32)58-20-9-21-59-47-28-44-43(27-46(47)57-5)49(56)53-31-38(25-40(53)29-51-44)34-10-7-6-8-11-34;;/h6-8,10-15,22,26-31,39-40H,9,16-21,23-25H2,1-5H3;1H3;/q;-1;/t39-,40+;;/m1../s1. The molecule has 0 unspecified atom stereocenters. The number of amides is 2. The molecule has 316 valence electrons. The van der Waals surface area contributed by atoms with E-state index in [2.05, 4.69) is 57.2 Å². The minimum absolute atomic E-state index is 0. The Kier molecular flexibility index (Phi) is 14.5. The van der Waals surface area contributed by atoms with Crippen LogP contribution in [0.25, 0.3) is 11.1 Å². The van der Waals surface area contributed by atoms with Crippen molar-refractivity contribution in [3.63, 3.8) is 0 Å². The topological polar surface area (TPSA) is 97.7 Å². The minimum atomic E-state index is -0.156. The fourth-order valence-electron chi connectivity index (χ4n) is 8.40. The molecule has 4 aliphatic rings. The molecule has 0 fully saturated rings. The molecule has 2 atom stereocenters. The fourth-order valence-corrected chi connectivity index (χ4v) is 8.40. The molecule has 9 nitrogen and oxygen atoms in total. The van der Waals surface area contributed by atoms with Crippen molar-refractivity contribution in [1.29, 1.82) is 0 Å². The van der Waals surface area contributed by atoms with Crippen molar-refractivity contribution in [2.75, 3.05) is 20.3 Å². The van der Waals surface area contributed by atoms with Gasteiger partial charge in [0.05, 0.1) is 37.6 Å².